The molecule has 3 fully saturated rings. The number of hydrogen-bond donors (Lipinski definition) is 5. The fraction of sp³-hybridized carbons (Fsp3) is 0.486. The SMILES string of the molecule is CO.COC[C@H](O)CN1CCN(c2nnc(-c3cccc(Cl)c3Cl)c(N)n2)CC1.COC[C@H]1CO1.Nc1nc(N2CCNCC2)nnc1-c1cccc(Cl)c1Cl. The zero-order valence-corrected chi connectivity index (χ0v) is 34.4. The Labute approximate surface area is 346 Å². The van der Waals surface area contributed by atoms with Gasteiger partial charge in [0.2, 0.25) is 11.9 Å². The van der Waals surface area contributed by atoms with E-state index >= 15 is 0 Å². The first kappa shape index (κ1) is 45.2. The number of β-amino-alcohol motifs (C(OH)–C–C–N with tert-alkyl or cyclic N) is 1. The lowest BCUT2D eigenvalue weighted by molar-refractivity contribution is 0.0364. The Balaban J connectivity index is 0.000000212. The normalized spacial score (nSPS) is 17.1. The van der Waals surface area contributed by atoms with Crippen molar-refractivity contribution in [1.82, 2.24) is 40.6 Å². The number of nitrogens with two attached hydrogens (primary N) is 2. The average Bonchev–Trinajstić information content (AvgIpc) is 4.04. The number of rotatable bonds is 10. The molecule has 4 aromatic rings. The summed E-state index contributed by atoms with van der Waals surface area (Å²) in [7, 11) is 4.26. The van der Waals surface area contributed by atoms with E-state index in [1.807, 2.05) is 9.80 Å². The zero-order valence-electron chi connectivity index (χ0n) is 31.4. The van der Waals surface area contributed by atoms with Crippen LogP contribution in [0.1, 0.15) is 0 Å². The summed E-state index contributed by atoms with van der Waals surface area (Å²) in [6, 6.07) is 10.5. The summed E-state index contributed by atoms with van der Waals surface area (Å²) in [5, 5.41) is 38.6. The summed E-state index contributed by atoms with van der Waals surface area (Å²) >= 11 is 24.5. The molecule has 0 aliphatic carbocycles. The lowest BCUT2D eigenvalue weighted by Gasteiger charge is -2.35. The molecule has 0 spiro atoms. The Kier molecular flexibility index (Phi) is 18.6. The Morgan fingerprint density at radius 2 is 1.25 bits per heavy atom. The number of aromatic nitrogens is 6. The smallest absolute Gasteiger partial charge is 0.247 e. The summed E-state index contributed by atoms with van der Waals surface area (Å²) in [4.78, 5) is 15.0. The Morgan fingerprint density at radius 1 is 0.768 bits per heavy atom. The molecule has 0 unspecified atom stereocenters. The number of piperazine rings is 2. The fourth-order valence-corrected chi connectivity index (χ4v) is 6.35. The Hall–Kier alpha value is -3.46. The highest BCUT2D eigenvalue weighted by molar-refractivity contribution is 6.44. The average molecular weight is 859 g/mol. The molecule has 5 heterocycles. The van der Waals surface area contributed by atoms with Crippen molar-refractivity contribution in [2.75, 3.05) is 121 Å². The fourth-order valence-electron chi connectivity index (χ4n) is 5.57. The van der Waals surface area contributed by atoms with Crippen molar-refractivity contribution in [2.24, 2.45) is 0 Å². The molecular weight excluding hydrogens is 810 g/mol. The minimum atomic E-state index is -0.489. The molecule has 17 nitrogen and oxygen atoms in total. The number of halogens is 4. The second-order valence-corrected chi connectivity index (χ2v) is 14.0. The van der Waals surface area contributed by atoms with Crippen LogP contribution in [0.15, 0.2) is 36.4 Å². The van der Waals surface area contributed by atoms with Crippen molar-refractivity contribution < 1.29 is 24.4 Å². The number of ether oxygens (including phenoxy) is 3. The van der Waals surface area contributed by atoms with Gasteiger partial charge in [-0.1, -0.05) is 70.7 Å². The van der Waals surface area contributed by atoms with E-state index in [2.05, 4.69) is 40.6 Å². The van der Waals surface area contributed by atoms with Crippen LogP contribution in [0.5, 0.6) is 0 Å². The first-order chi connectivity index (χ1) is 27.1. The Morgan fingerprint density at radius 3 is 1.66 bits per heavy atom. The van der Waals surface area contributed by atoms with Gasteiger partial charge in [-0.05, 0) is 12.1 Å². The third kappa shape index (κ3) is 13.0. The highest BCUT2D eigenvalue weighted by atomic mass is 35.5. The van der Waals surface area contributed by atoms with Crippen LogP contribution in [0.2, 0.25) is 20.1 Å². The molecule has 0 bridgehead atoms. The molecule has 3 aliphatic heterocycles. The number of aliphatic hydroxyl groups excluding tert-OH is 2. The molecule has 2 aromatic carbocycles. The molecule has 7 N–H and O–H groups in total. The minimum absolute atomic E-state index is 0.252. The van der Waals surface area contributed by atoms with Gasteiger partial charge >= 0.3 is 0 Å². The number of hydrogen-bond acceptors (Lipinski definition) is 17. The highest BCUT2D eigenvalue weighted by Crippen LogP contribution is 2.35. The molecule has 2 atom stereocenters. The van der Waals surface area contributed by atoms with Gasteiger partial charge in [-0.2, -0.15) is 9.97 Å². The first-order valence-electron chi connectivity index (χ1n) is 17.6. The molecular formula is C35H48Cl4N12O5. The second-order valence-electron chi connectivity index (χ2n) is 12.4. The van der Waals surface area contributed by atoms with Crippen LogP contribution in [0.3, 0.4) is 0 Å². The van der Waals surface area contributed by atoms with E-state index in [4.69, 9.17) is 77.2 Å². The van der Waals surface area contributed by atoms with Gasteiger partial charge in [0.25, 0.3) is 0 Å². The lowest BCUT2D eigenvalue weighted by Crippen LogP contribution is -2.49. The number of anilines is 4. The maximum absolute atomic E-state index is 9.85. The highest BCUT2D eigenvalue weighted by Gasteiger charge is 2.23. The van der Waals surface area contributed by atoms with E-state index in [1.165, 1.54) is 0 Å². The summed E-state index contributed by atoms with van der Waals surface area (Å²) in [5.41, 5.74) is 14.2. The van der Waals surface area contributed by atoms with E-state index in [1.54, 1.807) is 50.6 Å². The largest absolute Gasteiger partial charge is 0.400 e. The molecule has 7 rings (SSSR count). The van der Waals surface area contributed by atoms with E-state index in [9.17, 15) is 5.11 Å². The van der Waals surface area contributed by atoms with Crippen LogP contribution < -0.4 is 26.6 Å². The molecule has 0 radical (unpaired) electrons. The molecule has 21 heteroatoms. The van der Waals surface area contributed by atoms with Gasteiger partial charge in [0.1, 0.15) is 17.5 Å². The van der Waals surface area contributed by atoms with E-state index < -0.39 is 6.10 Å². The summed E-state index contributed by atoms with van der Waals surface area (Å²) in [6.45, 7) is 9.03. The van der Waals surface area contributed by atoms with Gasteiger partial charge in [0, 0.05) is 91.4 Å². The van der Waals surface area contributed by atoms with E-state index in [0.717, 1.165) is 72.7 Å². The third-order valence-corrected chi connectivity index (χ3v) is 10.1. The van der Waals surface area contributed by atoms with Crippen molar-refractivity contribution in [3.8, 4) is 22.5 Å². The topological polar surface area (TPSA) is 223 Å². The van der Waals surface area contributed by atoms with Gasteiger partial charge in [-0.3, -0.25) is 4.90 Å². The molecule has 0 saturated carbocycles. The van der Waals surface area contributed by atoms with Crippen LogP contribution >= 0.6 is 46.4 Å². The number of aliphatic hydroxyl groups is 2. The number of methoxy groups -OCH3 is 2. The molecule has 3 saturated heterocycles. The van der Waals surface area contributed by atoms with Gasteiger partial charge in [0.15, 0.2) is 11.6 Å². The maximum Gasteiger partial charge on any atom is 0.247 e. The molecule has 0 amide bonds. The number of nitrogens with zero attached hydrogens (tertiary/aromatic N) is 9. The van der Waals surface area contributed by atoms with Crippen LogP contribution in [0, 0.1) is 0 Å². The third-order valence-electron chi connectivity index (χ3n) is 8.46. The zero-order chi connectivity index (χ0) is 40.6. The number of epoxide rings is 1. The number of benzene rings is 2. The van der Waals surface area contributed by atoms with Crippen molar-refractivity contribution in [1.29, 1.82) is 0 Å². The van der Waals surface area contributed by atoms with Crippen molar-refractivity contribution >= 4 is 69.9 Å². The van der Waals surface area contributed by atoms with Crippen LogP contribution in [0.25, 0.3) is 22.5 Å². The number of nitrogens with one attached hydrogen (secondary N) is 1. The van der Waals surface area contributed by atoms with Crippen LogP contribution in [0.4, 0.5) is 23.5 Å². The molecule has 306 valence electrons. The van der Waals surface area contributed by atoms with Gasteiger partial charge in [-0.25, -0.2) is 0 Å². The quantitative estimate of drug-likeness (QED) is 0.145. The van der Waals surface area contributed by atoms with Gasteiger partial charge < -0.3 is 51.0 Å². The number of nitrogen functional groups attached to an aromatic ring is 2. The predicted octanol–water partition coefficient (Wildman–Crippen LogP) is 3.03. The van der Waals surface area contributed by atoms with E-state index in [-0.39, 0.29) is 5.82 Å². The summed E-state index contributed by atoms with van der Waals surface area (Å²) < 4.78 is 14.5. The Bertz CT molecular complexity index is 1820. The molecule has 3 aliphatic rings. The van der Waals surface area contributed by atoms with Gasteiger partial charge in [0.05, 0.1) is 46.0 Å². The van der Waals surface area contributed by atoms with Crippen molar-refractivity contribution in [3.05, 3.63) is 56.5 Å². The van der Waals surface area contributed by atoms with Crippen molar-refractivity contribution in [2.45, 2.75) is 12.2 Å². The standard InChI is InChI=1S/C17H22Cl2N6O2.C13H14Cl2N6.C4H8O2.CH4O/c1-27-10-11(26)9-24-5-7-25(8-6-24)17-21-16(20)15(22-23-17)12-3-2-4-13(18)14(12)19;14-9-3-1-2-8(10(9)15)11-12(16)18-13(20-19-11)21-6-4-17-5-7-21;1-5-2-4-3-6-4;1-2/h2-4,11,26H,5-10H2,1H3,(H2,20,21,23);1-3,17H,4-7H2,(H2,16,18,20);4H,2-3H2,1H3;2H,1H3/t11-;;4-;/m1.0./s1. The molecule has 56 heavy (non-hydrogen) atoms. The monoisotopic (exact) mass is 856 g/mol. The predicted molar refractivity (Wildman–Crippen MR) is 221 cm³/mol. The first-order valence-corrected chi connectivity index (χ1v) is 19.1. The van der Waals surface area contributed by atoms with Crippen LogP contribution in [-0.2, 0) is 14.2 Å². The van der Waals surface area contributed by atoms with Crippen LogP contribution in [-0.4, -0.2) is 158 Å². The van der Waals surface area contributed by atoms with Gasteiger partial charge in [-0.15, -0.1) is 20.4 Å². The van der Waals surface area contributed by atoms with E-state index in [0.29, 0.717) is 79.6 Å². The molecule has 2 aromatic heterocycles. The minimum Gasteiger partial charge on any atom is -0.400 e. The summed E-state index contributed by atoms with van der Waals surface area (Å²) in [6.07, 6.45) is -0.0631. The second kappa shape index (κ2) is 23.1. The maximum atomic E-state index is 9.85. The summed E-state index contributed by atoms with van der Waals surface area (Å²) in [5.74, 6) is 1.56. The van der Waals surface area contributed by atoms with Crippen molar-refractivity contribution in [3.63, 3.8) is 0 Å². The lowest BCUT2D eigenvalue weighted by atomic mass is 10.1.